The van der Waals surface area contributed by atoms with Crippen LogP contribution in [-0.2, 0) is 11.3 Å². The van der Waals surface area contributed by atoms with Crippen LogP contribution in [0.15, 0.2) is 29.8 Å². The Balaban J connectivity index is 1.92. The molecule has 0 radical (unpaired) electrons. The second-order valence-corrected chi connectivity index (χ2v) is 6.85. The van der Waals surface area contributed by atoms with Crippen LogP contribution in [0.3, 0.4) is 0 Å². The van der Waals surface area contributed by atoms with E-state index >= 15 is 0 Å². The summed E-state index contributed by atoms with van der Waals surface area (Å²) in [5, 5.41) is 12.1. The molecule has 3 rings (SSSR count). The molecule has 25 heavy (non-hydrogen) atoms. The molecule has 136 valence electrons. The molecule has 0 bridgehead atoms. The van der Waals surface area contributed by atoms with E-state index in [1.54, 1.807) is 6.20 Å². The topological polar surface area (TPSA) is 71.7 Å². The molecular weight excluding hydrogens is 344 g/mol. The second-order valence-electron chi connectivity index (χ2n) is 6.50. The van der Waals surface area contributed by atoms with Gasteiger partial charge in [-0.15, -0.1) is 0 Å². The van der Waals surface area contributed by atoms with Gasteiger partial charge in [0.1, 0.15) is 11.4 Å². The summed E-state index contributed by atoms with van der Waals surface area (Å²) in [6, 6.07) is 3.73. The Kier molecular flexibility index (Phi) is 5.44. The first-order chi connectivity index (χ1) is 12.0. The lowest BCUT2D eigenvalue weighted by Crippen LogP contribution is -2.43. The lowest BCUT2D eigenvalue weighted by Gasteiger charge is -2.37. The zero-order valence-electron chi connectivity index (χ0n) is 14.5. The SMILES string of the molecule is CCCO[C@H]1C[C@@H](C)C([N+](=O)[O-])=C2N(Cc3cccnc3Cl)CCN21. The first-order valence-corrected chi connectivity index (χ1v) is 9.01. The number of hydrogen-bond acceptors (Lipinski definition) is 6. The van der Waals surface area contributed by atoms with E-state index in [1.807, 2.05) is 28.9 Å². The summed E-state index contributed by atoms with van der Waals surface area (Å²) in [7, 11) is 0. The van der Waals surface area contributed by atoms with Crippen molar-refractivity contribution in [1.82, 2.24) is 14.8 Å². The predicted molar refractivity (Wildman–Crippen MR) is 94.2 cm³/mol. The number of fused-ring (bicyclic) bond motifs is 1. The molecule has 3 heterocycles. The number of nitro groups is 1. The van der Waals surface area contributed by atoms with Crippen LogP contribution in [-0.4, -0.2) is 45.6 Å². The molecule has 1 aromatic heterocycles. The Morgan fingerprint density at radius 1 is 1.48 bits per heavy atom. The zero-order valence-corrected chi connectivity index (χ0v) is 15.3. The second kappa shape index (κ2) is 7.58. The number of ether oxygens (including phenoxy) is 1. The van der Waals surface area contributed by atoms with Gasteiger partial charge < -0.3 is 14.5 Å². The number of nitrogens with zero attached hydrogens (tertiary/aromatic N) is 4. The Morgan fingerprint density at radius 3 is 2.96 bits per heavy atom. The van der Waals surface area contributed by atoms with E-state index < -0.39 is 0 Å². The quantitative estimate of drug-likeness (QED) is 0.437. The normalized spacial score (nSPS) is 23.2. The molecule has 0 spiro atoms. The fourth-order valence-electron chi connectivity index (χ4n) is 3.54. The molecule has 2 aliphatic heterocycles. The number of pyridine rings is 1. The van der Waals surface area contributed by atoms with Crippen molar-refractivity contribution in [2.45, 2.75) is 39.5 Å². The number of aromatic nitrogens is 1. The van der Waals surface area contributed by atoms with E-state index in [0.717, 1.165) is 12.0 Å². The van der Waals surface area contributed by atoms with Crippen molar-refractivity contribution in [3.05, 3.63) is 50.7 Å². The number of rotatable bonds is 6. The van der Waals surface area contributed by atoms with Crippen molar-refractivity contribution in [3.63, 3.8) is 0 Å². The molecule has 0 saturated carbocycles. The average molecular weight is 367 g/mol. The molecule has 0 aliphatic carbocycles. The van der Waals surface area contributed by atoms with E-state index in [1.165, 1.54) is 0 Å². The summed E-state index contributed by atoms with van der Waals surface area (Å²) >= 11 is 6.18. The van der Waals surface area contributed by atoms with E-state index in [9.17, 15) is 10.1 Å². The third-order valence-corrected chi connectivity index (χ3v) is 5.03. The lowest BCUT2D eigenvalue weighted by molar-refractivity contribution is -0.439. The molecule has 1 fully saturated rings. The molecule has 2 aliphatic rings. The van der Waals surface area contributed by atoms with Crippen molar-refractivity contribution in [1.29, 1.82) is 0 Å². The summed E-state index contributed by atoms with van der Waals surface area (Å²) in [6.45, 7) is 6.54. The number of hydrogen-bond donors (Lipinski definition) is 0. The van der Waals surface area contributed by atoms with Gasteiger partial charge in [-0.25, -0.2) is 4.98 Å². The smallest absolute Gasteiger partial charge is 0.289 e. The highest BCUT2D eigenvalue weighted by Gasteiger charge is 2.45. The van der Waals surface area contributed by atoms with Crippen LogP contribution in [0.4, 0.5) is 0 Å². The van der Waals surface area contributed by atoms with Gasteiger partial charge in [-0.2, -0.15) is 0 Å². The average Bonchev–Trinajstić information content (AvgIpc) is 2.98. The van der Waals surface area contributed by atoms with Gasteiger partial charge in [-0.3, -0.25) is 10.1 Å². The minimum Gasteiger partial charge on any atom is -0.358 e. The number of allylic oxidation sites excluding steroid dienone is 1. The Hall–Kier alpha value is -1.86. The summed E-state index contributed by atoms with van der Waals surface area (Å²) in [5.41, 5.74) is 1.14. The fraction of sp³-hybridized carbons (Fsp3) is 0.588. The van der Waals surface area contributed by atoms with Gasteiger partial charge in [0.05, 0.1) is 10.8 Å². The van der Waals surface area contributed by atoms with Crippen molar-refractivity contribution < 1.29 is 9.66 Å². The third kappa shape index (κ3) is 3.57. The molecule has 1 saturated heterocycles. The van der Waals surface area contributed by atoms with Gasteiger partial charge in [0.15, 0.2) is 5.82 Å². The van der Waals surface area contributed by atoms with E-state index in [-0.39, 0.29) is 22.8 Å². The minimum absolute atomic E-state index is 0.108. The molecule has 0 aromatic carbocycles. The van der Waals surface area contributed by atoms with Crippen LogP contribution in [0.2, 0.25) is 5.15 Å². The van der Waals surface area contributed by atoms with Crippen molar-refractivity contribution in [3.8, 4) is 0 Å². The summed E-state index contributed by atoms with van der Waals surface area (Å²) in [4.78, 5) is 19.6. The molecular formula is C17H23ClN4O3. The van der Waals surface area contributed by atoms with Crippen molar-refractivity contribution >= 4 is 11.6 Å². The van der Waals surface area contributed by atoms with Crippen molar-refractivity contribution in [2.75, 3.05) is 19.7 Å². The van der Waals surface area contributed by atoms with Gasteiger partial charge in [0, 0.05) is 44.4 Å². The summed E-state index contributed by atoms with van der Waals surface area (Å²) in [5.74, 6) is 0.512. The molecule has 0 amide bonds. The molecule has 1 aromatic rings. The largest absolute Gasteiger partial charge is 0.358 e. The highest BCUT2D eigenvalue weighted by molar-refractivity contribution is 6.30. The summed E-state index contributed by atoms with van der Waals surface area (Å²) < 4.78 is 5.97. The van der Waals surface area contributed by atoms with Crippen LogP contribution in [0.25, 0.3) is 0 Å². The third-order valence-electron chi connectivity index (χ3n) is 4.69. The minimum atomic E-state index is -0.244. The van der Waals surface area contributed by atoms with Crippen LogP contribution < -0.4 is 0 Å². The van der Waals surface area contributed by atoms with Crippen LogP contribution in [0.1, 0.15) is 32.3 Å². The maximum Gasteiger partial charge on any atom is 0.289 e. The maximum atomic E-state index is 11.7. The van der Waals surface area contributed by atoms with Crippen LogP contribution >= 0.6 is 11.6 Å². The van der Waals surface area contributed by atoms with Gasteiger partial charge in [-0.05, 0) is 12.5 Å². The maximum absolute atomic E-state index is 11.7. The number of halogens is 1. The molecule has 7 nitrogen and oxygen atoms in total. The van der Waals surface area contributed by atoms with E-state index in [4.69, 9.17) is 16.3 Å². The first kappa shape index (κ1) is 17.9. The Bertz CT molecular complexity index is 682. The lowest BCUT2D eigenvalue weighted by atomic mass is 9.98. The molecule has 8 heteroatoms. The van der Waals surface area contributed by atoms with Crippen molar-refractivity contribution in [2.24, 2.45) is 5.92 Å². The standard InChI is InChI=1S/C17H23ClN4O3/c1-3-9-25-14-10-12(2)15(22(23)24)17-20(7-8-21(14)17)11-13-5-4-6-19-16(13)18/h4-6,12,14H,3,7-11H2,1-2H3/t12-,14+/m1/s1. The molecule has 0 unspecified atom stereocenters. The predicted octanol–water partition coefficient (Wildman–Crippen LogP) is 3.09. The van der Waals surface area contributed by atoms with E-state index in [0.29, 0.717) is 43.6 Å². The first-order valence-electron chi connectivity index (χ1n) is 8.64. The summed E-state index contributed by atoms with van der Waals surface area (Å²) in [6.07, 6.45) is 3.10. The van der Waals surface area contributed by atoms with E-state index in [2.05, 4.69) is 11.9 Å². The van der Waals surface area contributed by atoms with Gasteiger partial charge in [-0.1, -0.05) is 31.5 Å². The van der Waals surface area contributed by atoms with Gasteiger partial charge in [0.25, 0.3) is 5.70 Å². The van der Waals surface area contributed by atoms with Gasteiger partial charge >= 0.3 is 0 Å². The fourth-order valence-corrected chi connectivity index (χ4v) is 3.72. The van der Waals surface area contributed by atoms with Gasteiger partial charge in [0.2, 0.25) is 0 Å². The highest BCUT2D eigenvalue weighted by atomic mass is 35.5. The molecule has 2 atom stereocenters. The Labute approximate surface area is 152 Å². The van der Waals surface area contributed by atoms with Crippen LogP contribution in [0.5, 0.6) is 0 Å². The zero-order chi connectivity index (χ0) is 18.0. The Morgan fingerprint density at radius 2 is 2.28 bits per heavy atom. The monoisotopic (exact) mass is 366 g/mol. The highest BCUT2D eigenvalue weighted by Crippen LogP contribution is 2.38. The molecule has 0 N–H and O–H groups in total. The van der Waals surface area contributed by atoms with Crippen LogP contribution in [0, 0.1) is 16.0 Å².